The van der Waals surface area contributed by atoms with E-state index in [9.17, 15) is 4.80 Å². The van der Waals surface area contributed by atoms with E-state index in [0.717, 1.165) is 0 Å². The van der Waals surface area contributed by atoms with E-state index in [1.54, 1.807) is 12.2 Å². The van der Waals surface area contributed by atoms with Crippen LogP contribution in [-0.4, -0.2) is 249 Å². The molecule has 0 aliphatic carbocycles. The zero-order chi connectivity index (χ0) is 106. The van der Waals surface area contributed by atoms with E-state index < -0.39 is 92.1 Å². The fourth-order valence-electron chi connectivity index (χ4n) is 10.3. The largest absolute Gasteiger partial charge is 0.677 e. The van der Waals surface area contributed by atoms with E-state index in [0.29, 0.717) is 0 Å². The molecule has 0 radical (unpaired) electrons. The number of hydrogen-bond acceptors (Lipinski definition) is 36. The predicted molar refractivity (Wildman–Crippen MR) is 568 cm³/mol. The molecule has 0 aromatic carbocycles. The van der Waals surface area contributed by atoms with Crippen LogP contribution < -0.4 is 38.5 Å². The summed E-state index contributed by atoms with van der Waals surface area (Å²) in [6, 6.07) is 0. The molecule has 0 rings (SSSR count). The van der Waals surface area contributed by atoms with Gasteiger partial charge in [0.1, 0.15) is 0 Å². The Bertz CT molecular complexity index is 2400. The third-order valence-corrected chi connectivity index (χ3v) is 39.8. The molecule has 0 unspecified atom stereocenters. The fraction of sp³-hybridized carbons (Fsp3) is 0.956. The molecule has 0 bridgehead atoms. The first-order valence-corrected chi connectivity index (χ1v) is 63.6. The maximum Gasteiger partial charge on any atom is 0.677 e. The fourth-order valence-corrected chi connectivity index (χ4v) is 37.2. The van der Waals surface area contributed by atoms with Crippen molar-refractivity contribution in [3.8, 4) is 0 Å². The van der Waals surface area contributed by atoms with Gasteiger partial charge < -0.3 is 147 Å². The first kappa shape index (κ1) is 158. The summed E-state index contributed by atoms with van der Waals surface area (Å²) in [6.45, 7) is 120. The van der Waals surface area contributed by atoms with Gasteiger partial charge in [0.25, 0.3) is 0 Å². The van der Waals surface area contributed by atoms with Gasteiger partial charge in [-0.15, -0.1) is 13.2 Å². The summed E-state index contributed by atoms with van der Waals surface area (Å²) in [6.07, 6.45) is 1.14. The highest BCUT2D eigenvalue weighted by Crippen LogP contribution is 2.33. The smallest absolute Gasteiger partial charge is 0.367 e. The van der Waals surface area contributed by atoms with Crippen molar-refractivity contribution >= 4 is 80.9 Å². The zero-order valence-electron chi connectivity index (χ0n) is 97.6. The lowest BCUT2D eigenvalue weighted by Crippen LogP contribution is -2.75. The molecule has 0 saturated heterocycles. The summed E-state index contributed by atoms with van der Waals surface area (Å²) < 4.78 is 175. The molecular weight excluding hydrogens is 1900 g/mol. The minimum absolute atomic E-state index is 0. The molecule has 0 spiro atoms. The van der Waals surface area contributed by atoms with E-state index in [1.165, 1.54) is 0 Å². The Balaban J connectivity index is -0.000000152. The number of nitrogens with one attached hydrogen (secondary N) is 2. The maximum atomic E-state index is 10.2. The van der Waals surface area contributed by atoms with Gasteiger partial charge in [0.2, 0.25) is 0 Å². The topological polar surface area (TPSA) is 460 Å². The van der Waals surface area contributed by atoms with Crippen molar-refractivity contribution in [3.63, 3.8) is 0 Å². The third-order valence-electron chi connectivity index (χ3n) is 11.5. The standard InChI is InChI=1S/C19H44O7Si2.2C18H43NO6Si2.C10H25NO3Si.C10H24O4Si.C9H23NO3Si.2C3H6.3H3N/c1-14(2)20-27(21-15(3)4,22-16(5)6)26-28(23-17(7)8,24-18(9)10)25-19(11,12)13;2*1-13(2)20-26(21-14(3)4,22-15(5)6)19-27(23-16(7)8,24-17(9)10)25-18(11)12;2*1-8(2)12-15(11,13-9(3)4)14-10(5,6)7;1-7(2)11-14(10,12-8(3)4)13-9(5)6;2*1-3-2;;;/h14-18H,1-13H3;2*13-19H,1-12H3;8-9H,11H2,1-7H3;8-9,11H,1-7H3;7-9H,10H2,1-6H3;2*3H,1H2,2H3;3*1H3. The van der Waals surface area contributed by atoms with E-state index in [-0.39, 0.29) is 171 Å². The lowest BCUT2D eigenvalue weighted by atomic mass is 10.2. The van der Waals surface area contributed by atoms with Crippen LogP contribution in [0.5, 0.6) is 0 Å². The minimum Gasteiger partial charge on any atom is -0.367 e. The van der Waals surface area contributed by atoms with Crippen molar-refractivity contribution in [2.75, 3.05) is 0 Å². The average molecular weight is 2120 g/mol. The number of rotatable bonds is 57. The summed E-state index contributed by atoms with van der Waals surface area (Å²) in [7, 11) is -30.4. The number of hydrogen-bond donors (Lipinski definition) is 8. The molecular formula is C90H223N7O29Si9. The highest BCUT2D eigenvalue weighted by molar-refractivity contribution is 6.76. The molecule has 0 fully saturated rings. The molecule has 0 heterocycles. The second-order valence-electron chi connectivity index (χ2n) is 40.8. The number of nitrogens with two attached hydrogens (primary N) is 2. The summed E-state index contributed by atoms with van der Waals surface area (Å²) in [5.41, 5.74) is -1.40. The third kappa shape index (κ3) is 95.9. The lowest BCUT2D eigenvalue weighted by Gasteiger charge is -2.41. The van der Waals surface area contributed by atoms with E-state index in [2.05, 4.69) is 22.5 Å². The van der Waals surface area contributed by atoms with Gasteiger partial charge in [-0.05, 0) is 409 Å². The van der Waals surface area contributed by atoms with Crippen molar-refractivity contribution < 1.29 is 128 Å². The normalized spacial score (nSPS) is 13.3. The van der Waals surface area contributed by atoms with Crippen molar-refractivity contribution in [3.05, 3.63) is 25.3 Å². The monoisotopic (exact) mass is 2120 g/mol. The molecule has 36 nitrogen and oxygen atoms in total. The summed E-state index contributed by atoms with van der Waals surface area (Å²) in [5, 5.41) is 12.0. The van der Waals surface area contributed by atoms with Gasteiger partial charge in [0.15, 0.2) is 0 Å². The Morgan fingerprint density at radius 3 is 0.459 bits per heavy atom. The molecule has 0 aliphatic rings. The van der Waals surface area contributed by atoms with E-state index >= 15 is 0 Å². The Morgan fingerprint density at radius 1 is 0.207 bits per heavy atom. The molecule has 0 atom stereocenters. The lowest BCUT2D eigenvalue weighted by molar-refractivity contribution is -0.121. The Kier molecular flexibility index (Phi) is 89.3. The molecule has 0 aliphatic heterocycles. The van der Waals surface area contributed by atoms with Crippen molar-refractivity contribution in [2.45, 2.75) is 572 Å². The van der Waals surface area contributed by atoms with Gasteiger partial charge in [0.05, 0.1) is 16.8 Å². The molecule has 0 saturated carbocycles. The second-order valence-corrected chi connectivity index (χ2v) is 59.8. The van der Waals surface area contributed by atoms with Gasteiger partial charge in [0, 0.05) is 146 Å². The van der Waals surface area contributed by atoms with Gasteiger partial charge in [-0.2, -0.15) is 0 Å². The molecule has 0 aromatic heterocycles. The van der Waals surface area contributed by atoms with Crippen LogP contribution in [0.3, 0.4) is 0 Å². The zero-order valence-corrected chi connectivity index (χ0v) is 107. The van der Waals surface area contributed by atoms with Crippen LogP contribution in [0.1, 0.15) is 409 Å². The summed E-state index contributed by atoms with van der Waals surface area (Å²) >= 11 is 0. The Hall–Kier alpha value is -0.00805. The number of allylic oxidation sites excluding steroid dienone is 2. The average Bonchev–Trinajstić information content (AvgIpc) is 0.802. The van der Waals surface area contributed by atoms with Crippen LogP contribution in [0.4, 0.5) is 0 Å². The van der Waals surface area contributed by atoms with Crippen LogP contribution in [0, 0.1) is 0 Å². The molecule has 828 valence electrons. The maximum absolute atomic E-state index is 10.2. The van der Waals surface area contributed by atoms with Crippen molar-refractivity contribution in [2.24, 2.45) is 10.8 Å². The predicted octanol–water partition coefficient (Wildman–Crippen LogP) is 21.5. The first-order valence-electron chi connectivity index (χ1n) is 48.2. The second kappa shape index (κ2) is 76.5. The molecule has 0 aromatic rings. The van der Waals surface area contributed by atoms with Crippen LogP contribution in [0.15, 0.2) is 25.3 Å². The van der Waals surface area contributed by atoms with Gasteiger partial charge in [-0.3, -0.25) is 10.8 Å². The highest BCUT2D eigenvalue weighted by atomic mass is 28.5. The molecule has 0 amide bonds. The van der Waals surface area contributed by atoms with Gasteiger partial charge in [-0.1, -0.05) is 12.2 Å². The van der Waals surface area contributed by atoms with Crippen LogP contribution in [-0.2, 0) is 124 Å². The van der Waals surface area contributed by atoms with E-state index in [1.807, 2.05) is 409 Å². The minimum atomic E-state index is -3.71. The molecule has 45 heteroatoms. The first-order chi connectivity index (χ1) is 59.1. The SMILES string of the molecule is C=CC.C=CC.CC(C)O[Si](N)(OC(C)C)OC(C)(C)C.CC(C)O[Si](N)(OC(C)C)OC(C)C.CC(C)O[Si](N[Si](OC(C)C)(OC(C)C)OC(C)C)(OC(C)C)OC(C)C.CC(C)O[Si](N[Si](OC(C)C)(OC(C)C)OC(C)C)(OC(C)C)OC(C)C.CC(C)O[Si](O)(OC(C)C)OC(C)(C)C.CC(C)O[Si](OC(C)C)(OC(C)C)O[Si](OC(C)C)(OC(C)C)OC(C)(C)C.N.N.N. The van der Waals surface area contributed by atoms with Gasteiger partial charge >= 0.3 is 80.9 Å². The highest BCUT2D eigenvalue weighted by Gasteiger charge is 2.65. The van der Waals surface area contributed by atoms with Crippen molar-refractivity contribution in [1.29, 1.82) is 0 Å². The van der Waals surface area contributed by atoms with Crippen LogP contribution in [0.2, 0.25) is 0 Å². The Labute approximate surface area is 840 Å². The van der Waals surface area contributed by atoms with E-state index in [4.69, 9.17) is 134 Å². The quantitative estimate of drug-likeness (QED) is 0.0207. The Morgan fingerprint density at radius 2 is 0.333 bits per heavy atom. The van der Waals surface area contributed by atoms with Gasteiger partial charge in [-0.25, -0.2) is 9.30 Å². The summed E-state index contributed by atoms with van der Waals surface area (Å²) in [5.74, 6) is 0. The van der Waals surface area contributed by atoms with Crippen molar-refractivity contribution in [1.82, 2.24) is 27.7 Å². The molecule has 16 N–H and O–H groups in total. The summed E-state index contributed by atoms with van der Waals surface area (Å²) in [4.78, 5) is 10.2. The molecule has 135 heavy (non-hydrogen) atoms. The van der Waals surface area contributed by atoms with Crippen LogP contribution in [0.25, 0.3) is 0 Å². The van der Waals surface area contributed by atoms with Crippen LogP contribution >= 0.6 is 0 Å².